The lowest BCUT2D eigenvalue weighted by Gasteiger charge is -2.46. The molecule has 2 unspecified atom stereocenters. The van der Waals surface area contributed by atoms with Crippen LogP contribution in [0.15, 0.2) is 18.3 Å². The summed E-state index contributed by atoms with van der Waals surface area (Å²) in [6, 6.07) is 5.14. The Morgan fingerprint density at radius 3 is 2.95 bits per heavy atom. The molecule has 0 amide bonds. The van der Waals surface area contributed by atoms with E-state index in [1.54, 1.807) is 0 Å². The molecule has 2 atom stereocenters. The van der Waals surface area contributed by atoms with Gasteiger partial charge < -0.3 is 9.80 Å². The third kappa shape index (κ3) is 2.79. The summed E-state index contributed by atoms with van der Waals surface area (Å²) in [6.45, 7) is 3.60. The second-order valence-corrected chi connectivity index (χ2v) is 6.40. The topological polar surface area (TPSA) is 19.4 Å². The predicted molar refractivity (Wildman–Crippen MR) is 82.8 cm³/mol. The van der Waals surface area contributed by atoms with Gasteiger partial charge in [-0.05, 0) is 50.4 Å². The smallest absolute Gasteiger partial charge is 0.128 e. The Balaban J connectivity index is 1.69. The SMILES string of the molecule is CN1CCCC2CN(c3ccc(CBr)cn3)CCC21. The van der Waals surface area contributed by atoms with E-state index >= 15 is 0 Å². The Bertz CT molecular complexity index is 420. The number of hydrogen-bond acceptors (Lipinski definition) is 3. The molecule has 1 aromatic heterocycles. The average Bonchev–Trinajstić information content (AvgIpc) is 2.47. The van der Waals surface area contributed by atoms with E-state index in [1.807, 2.05) is 6.20 Å². The molecule has 0 radical (unpaired) electrons. The standard InChI is InChI=1S/C15H22BrN3/c1-18-7-2-3-13-11-19(8-6-14(13)18)15-5-4-12(9-16)10-17-15/h4-5,10,13-14H,2-3,6-9,11H2,1H3. The van der Waals surface area contributed by atoms with Crippen molar-refractivity contribution in [3.63, 3.8) is 0 Å². The molecule has 0 aliphatic carbocycles. The number of rotatable bonds is 2. The van der Waals surface area contributed by atoms with E-state index in [4.69, 9.17) is 0 Å². The van der Waals surface area contributed by atoms with E-state index in [0.717, 1.165) is 29.7 Å². The van der Waals surface area contributed by atoms with Crippen LogP contribution in [0.1, 0.15) is 24.8 Å². The number of hydrogen-bond donors (Lipinski definition) is 0. The van der Waals surface area contributed by atoms with E-state index in [-0.39, 0.29) is 0 Å². The van der Waals surface area contributed by atoms with E-state index < -0.39 is 0 Å². The van der Waals surface area contributed by atoms with Crippen molar-refractivity contribution in [3.8, 4) is 0 Å². The van der Waals surface area contributed by atoms with Gasteiger partial charge in [-0.25, -0.2) is 4.98 Å². The molecule has 19 heavy (non-hydrogen) atoms. The molecular weight excluding hydrogens is 302 g/mol. The highest BCUT2D eigenvalue weighted by molar-refractivity contribution is 9.08. The Morgan fingerprint density at radius 1 is 1.32 bits per heavy atom. The quantitative estimate of drug-likeness (QED) is 0.780. The number of alkyl halides is 1. The summed E-state index contributed by atoms with van der Waals surface area (Å²) in [6.07, 6.45) is 6.00. The maximum Gasteiger partial charge on any atom is 0.128 e. The Labute approximate surface area is 124 Å². The number of nitrogens with zero attached hydrogens (tertiary/aromatic N) is 3. The molecule has 4 heteroatoms. The zero-order chi connectivity index (χ0) is 13.2. The third-order valence-electron chi connectivity index (χ3n) is 4.63. The molecule has 2 aliphatic rings. The first-order valence-corrected chi connectivity index (χ1v) is 8.36. The summed E-state index contributed by atoms with van der Waals surface area (Å²) < 4.78 is 0. The lowest BCUT2D eigenvalue weighted by molar-refractivity contribution is 0.102. The van der Waals surface area contributed by atoms with Gasteiger partial charge >= 0.3 is 0 Å². The number of pyridine rings is 1. The number of fused-ring (bicyclic) bond motifs is 1. The van der Waals surface area contributed by atoms with Crippen molar-refractivity contribution in [3.05, 3.63) is 23.9 Å². The Kier molecular flexibility index (Phi) is 4.08. The predicted octanol–water partition coefficient (Wildman–Crippen LogP) is 2.90. The highest BCUT2D eigenvalue weighted by Gasteiger charge is 2.34. The van der Waals surface area contributed by atoms with Crippen LogP contribution in [0, 0.1) is 5.92 Å². The van der Waals surface area contributed by atoms with Gasteiger partial charge in [-0.15, -0.1) is 0 Å². The van der Waals surface area contributed by atoms with Crippen molar-refractivity contribution < 1.29 is 0 Å². The van der Waals surface area contributed by atoms with Crippen LogP contribution in [0.5, 0.6) is 0 Å². The first-order valence-electron chi connectivity index (χ1n) is 7.24. The molecular formula is C15H22BrN3. The molecule has 0 N–H and O–H groups in total. The number of anilines is 1. The summed E-state index contributed by atoms with van der Waals surface area (Å²) in [5.74, 6) is 1.97. The van der Waals surface area contributed by atoms with Crippen molar-refractivity contribution in [2.24, 2.45) is 5.92 Å². The van der Waals surface area contributed by atoms with E-state index in [9.17, 15) is 0 Å². The monoisotopic (exact) mass is 323 g/mol. The van der Waals surface area contributed by atoms with Crippen molar-refractivity contribution in [2.75, 3.05) is 31.6 Å². The molecule has 3 rings (SSSR count). The van der Waals surface area contributed by atoms with Gasteiger partial charge in [0.05, 0.1) is 0 Å². The molecule has 2 fully saturated rings. The van der Waals surface area contributed by atoms with Crippen molar-refractivity contribution in [1.29, 1.82) is 0 Å². The molecule has 2 aliphatic heterocycles. The summed E-state index contributed by atoms with van der Waals surface area (Å²) in [4.78, 5) is 9.65. The largest absolute Gasteiger partial charge is 0.356 e. The zero-order valence-electron chi connectivity index (χ0n) is 11.6. The van der Waals surface area contributed by atoms with Gasteiger partial charge in [-0.2, -0.15) is 0 Å². The number of likely N-dealkylation sites (tertiary alicyclic amines) is 1. The number of aromatic nitrogens is 1. The van der Waals surface area contributed by atoms with Crippen LogP contribution in [-0.4, -0.2) is 42.6 Å². The van der Waals surface area contributed by atoms with Crippen LogP contribution >= 0.6 is 15.9 Å². The van der Waals surface area contributed by atoms with Crippen LogP contribution in [0.2, 0.25) is 0 Å². The van der Waals surface area contributed by atoms with Crippen LogP contribution in [-0.2, 0) is 5.33 Å². The maximum atomic E-state index is 4.61. The minimum atomic E-state index is 0.798. The highest BCUT2D eigenvalue weighted by atomic mass is 79.9. The number of halogens is 1. The lowest BCUT2D eigenvalue weighted by Crippen LogP contribution is -2.52. The van der Waals surface area contributed by atoms with Gasteiger partial charge in [-0.3, -0.25) is 0 Å². The number of piperidine rings is 2. The van der Waals surface area contributed by atoms with Crippen LogP contribution in [0.4, 0.5) is 5.82 Å². The van der Waals surface area contributed by atoms with Gasteiger partial charge in [0.2, 0.25) is 0 Å². The van der Waals surface area contributed by atoms with E-state index in [1.165, 1.54) is 37.9 Å². The molecule has 0 bridgehead atoms. The zero-order valence-corrected chi connectivity index (χ0v) is 13.1. The lowest BCUT2D eigenvalue weighted by atomic mass is 9.84. The molecule has 0 saturated carbocycles. The van der Waals surface area contributed by atoms with Crippen LogP contribution in [0.3, 0.4) is 0 Å². The normalized spacial score (nSPS) is 28.2. The maximum absolute atomic E-state index is 4.61. The van der Waals surface area contributed by atoms with Gasteiger partial charge in [0.15, 0.2) is 0 Å². The highest BCUT2D eigenvalue weighted by Crippen LogP contribution is 2.31. The summed E-state index contributed by atoms with van der Waals surface area (Å²) >= 11 is 3.47. The van der Waals surface area contributed by atoms with Gasteiger partial charge in [-0.1, -0.05) is 22.0 Å². The molecule has 1 aromatic rings. The first kappa shape index (κ1) is 13.4. The second kappa shape index (κ2) is 5.80. The third-order valence-corrected chi connectivity index (χ3v) is 5.28. The molecule has 0 spiro atoms. The fraction of sp³-hybridized carbons (Fsp3) is 0.667. The molecule has 0 aromatic carbocycles. The second-order valence-electron chi connectivity index (χ2n) is 5.84. The minimum absolute atomic E-state index is 0.798. The molecule has 3 heterocycles. The van der Waals surface area contributed by atoms with Crippen LogP contribution < -0.4 is 4.90 Å². The first-order chi connectivity index (χ1) is 9.28. The summed E-state index contributed by atoms with van der Waals surface area (Å²) in [7, 11) is 2.29. The Hall–Kier alpha value is -0.610. The van der Waals surface area contributed by atoms with Gasteiger partial charge in [0.25, 0.3) is 0 Å². The minimum Gasteiger partial charge on any atom is -0.356 e. The van der Waals surface area contributed by atoms with Gasteiger partial charge in [0, 0.05) is 30.7 Å². The molecule has 2 saturated heterocycles. The fourth-order valence-corrected chi connectivity index (χ4v) is 3.88. The van der Waals surface area contributed by atoms with E-state index in [2.05, 4.69) is 49.9 Å². The van der Waals surface area contributed by atoms with Gasteiger partial charge in [0.1, 0.15) is 5.82 Å². The summed E-state index contributed by atoms with van der Waals surface area (Å²) in [5, 5.41) is 0.885. The molecule has 3 nitrogen and oxygen atoms in total. The molecule has 104 valence electrons. The van der Waals surface area contributed by atoms with E-state index in [0.29, 0.717) is 0 Å². The van der Waals surface area contributed by atoms with Crippen molar-refractivity contribution >= 4 is 21.7 Å². The fourth-order valence-electron chi connectivity index (χ4n) is 3.54. The summed E-state index contributed by atoms with van der Waals surface area (Å²) in [5.41, 5.74) is 1.25. The van der Waals surface area contributed by atoms with Crippen LogP contribution in [0.25, 0.3) is 0 Å². The van der Waals surface area contributed by atoms with Crippen molar-refractivity contribution in [2.45, 2.75) is 30.6 Å². The Morgan fingerprint density at radius 2 is 2.21 bits per heavy atom. The van der Waals surface area contributed by atoms with Crippen molar-refractivity contribution in [1.82, 2.24) is 9.88 Å². The average molecular weight is 324 g/mol.